The normalized spacial score (nSPS) is 16.6. The number of sulfonamides is 1. The number of aryl methyl sites for hydroxylation is 2. The first-order valence-electron chi connectivity index (χ1n) is 8.45. The molecule has 1 aromatic carbocycles. The van der Waals surface area contributed by atoms with Crippen LogP contribution in [0.25, 0.3) is 0 Å². The lowest BCUT2D eigenvalue weighted by Gasteiger charge is -2.33. The molecule has 1 fully saturated rings. The Morgan fingerprint density at radius 3 is 2.32 bits per heavy atom. The Labute approximate surface area is 153 Å². The van der Waals surface area contributed by atoms with Gasteiger partial charge in [0.2, 0.25) is 15.2 Å². The van der Waals surface area contributed by atoms with Gasteiger partial charge in [0.1, 0.15) is 5.82 Å². The molecule has 25 heavy (non-hydrogen) atoms. The SMILES string of the molecule is Cc1ccc(S(=O)(=O)N2CCN(c3nc(C(C)C)ns3)CC2)cc1C. The Morgan fingerprint density at radius 1 is 1.08 bits per heavy atom. The van der Waals surface area contributed by atoms with Crippen LogP contribution >= 0.6 is 11.5 Å². The van der Waals surface area contributed by atoms with Gasteiger partial charge in [-0.2, -0.15) is 8.68 Å². The van der Waals surface area contributed by atoms with Gasteiger partial charge in [-0.1, -0.05) is 19.9 Å². The Kier molecular flexibility index (Phi) is 5.13. The van der Waals surface area contributed by atoms with E-state index in [0.717, 1.165) is 22.1 Å². The maximum Gasteiger partial charge on any atom is 0.243 e. The molecule has 2 heterocycles. The average molecular weight is 381 g/mol. The van der Waals surface area contributed by atoms with Gasteiger partial charge in [-0.25, -0.2) is 13.4 Å². The topological polar surface area (TPSA) is 66.4 Å². The quantitative estimate of drug-likeness (QED) is 0.816. The van der Waals surface area contributed by atoms with Crippen molar-refractivity contribution in [1.29, 1.82) is 0 Å². The van der Waals surface area contributed by atoms with Crippen LogP contribution in [0.15, 0.2) is 23.1 Å². The zero-order valence-corrected chi connectivity index (χ0v) is 16.7. The smallest absolute Gasteiger partial charge is 0.243 e. The minimum atomic E-state index is -3.44. The van der Waals surface area contributed by atoms with Crippen molar-refractivity contribution in [1.82, 2.24) is 13.7 Å². The van der Waals surface area contributed by atoms with E-state index in [1.54, 1.807) is 16.4 Å². The summed E-state index contributed by atoms with van der Waals surface area (Å²) in [6.45, 7) is 10.3. The first kappa shape index (κ1) is 18.3. The van der Waals surface area contributed by atoms with Crippen LogP contribution in [0.3, 0.4) is 0 Å². The van der Waals surface area contributed by atoms with Crippen molar-refractivity contribution < 1.29 is 8.42 Å². The molecular weight excluding hydrogens is 356 g/mol. The highest BCUT2D eigenvalue weighted by Gasteiger charge is 2.29. The molecule has 0 unspecified atom stereocenters. The number of anilines is 1. The predicted molar refractivity (Wildman–Crippen MR) is 101 cm³/mol. The van der Waals surface area contributed by atoms with Crippen LogP contribution in [0.2, 0.25) is 0 Å². The van der Waals surface area contributed by atoms with Gasteiger partial charge in [0.15, 0.2) is 0 Å². The summed E-state index contributed by atoms with van der Waals surface area (Å²) in [6.07, 6.45) is 0. The van der Waals surface area contributed by atoms with Gasteiger partial charge in [-0.05, 0) is 37.1 Å². The van der Waals surface area contributed by atoms with E-state index in [-0.39, 0.29) is 0 Å². The molecule has 2 aromatic rings. The molecule has 136 valence electrons. The zero-order chi connectivity index (χ0) is 18.2. The molecule has 1 aromatic heterocycles. The monoisotopic (exact) mass is 380 g/mol. The van der Waals surface area contributed by atoms with Crippen LogP contribution in [-0.2, 0) is 10.0 Å². The summed E-state index contributed by atoms with van der Waals surface area (Å²) < 4.78 is 31.7. The predicted octanol–water partition coefficient (Wildman–Crippen LogP) is 2.79. The van der Waals surface area contributed by atoms with Crippen LogP contribution in [-0.4, -0.2) is 48.3 Å². The third-order valence-corrected chi connectivity index (χ3v) is 7.26. The number of nitrogens with zero attached hydrogens (tertiary/aromatic N) is 4. The highest BCUT2D eigenvalue weighted by Crippen LogP contribution is 2.25. The standard InChI is InChI=1S/C17H24N4O2S2/c1-12(2)16-18-17(24-19-16)20-7-9-21(10-8-20)25(22,23)15-6-5-13(3)14(4)11-15/h5-6,11-12H,7-10H2,1-4H3. The van der Waals surface area contributed by atoms with Crippen LogP contribution in [0.4, 0.5) is 5.13 Å². The van der Waals surface area contributed by atoms with E-state index in [1.807, 2.05) is 19.9 Å². The highest BCUT2D eigenvalue weighted by atomic mass is 32.2. The zero-order valence-electron chi connectivity index (χ0n) is 15.1. The molecule has 0 bridgehead atoms. The van der Waals surface area contributed by atoms with Gasteiger partial charge in [0.25, 0.3) is 0 Å². The molecule has 1 saturated heterocycles. The largest absolute Gasteiger partial charge is 0.344 e. The Hall–Kier alpha value is -1.51. The van der Waals surface area contributed by atoms with Crippen molar-refractivity contribution in [3.8, 4) is 0 Å². The first-order chi connectivity index (χ1) is 11.8. The van der Waals surface area contributed by atoms with Gasteiger partial charge in [-0.3, -0.25) is 0 Å². The molecule has 0 amide bonds. The summed E-state index contributed by atoms with van der Waals surface area (Å²) in [5.41, 5.74) is 2.09. The third-order valence-electron chi connectivity index (χ3n) is 4.57. The molecule has 0 spiro atoms. The van der Waals surface area contributed by atoms with Crippen LogP contribution < -0.4 is 4.90 Å². The first-order valence-corrected chi connectivity index (χ1v) is 10.7. The molecule has 1 aliphatic heterocycles. The van der Waals surface area contributed by atoms with E-state index in [4.69, 9.17) is 0 Å². The molecule has 0 N–H and O–H groups in total. The maximum atomic E-state index is 12.9. The van der Waals surface area contributed by atoms with E-state index in [1.165, 1.54) is 11.5 Å². The Morgan fingerprint density at radius 2 is 1.76 bits per heavy atom. The number of rotatable bonds is 4. The number of hydrogen-bond acceptors (Lipinski definition) is 6. The van der Waals surface area contributed by atoms with E-state index >= 15 is 0 Å². The van der Waals surface area contributed by atoms with Gasteiger partial charge >= 0.3 is 0 Å². The van der Waals surface area contributed by atoms with Crippen molar-refractivity contribution in [3.05, 3.63) is 35.2 Å². The van der Waals surface area contributed by atoms with Crippen molar-refractivity contribution in [3.63, 3.8) is 0 Å². The molecule has 0 radical (unpaired) electrons. The van der Waals surface area contributed by atoms with Crippen LogP contribution in [0.5, 0.6) is 0 Å². The summed E-state index contributed by atoms with van der Waals surface area (Å²) in [6, 6.07) is 5.33. The van der Waals surface area contributed by atoms with Gasteiger partial charge in [0, 0.05) is 43.6 Å². The lowest BCUT2D eigenvalue weighted by Crippen LogP contribution is -2.48. The maximum absolute atomic E-state index is 12.9. The van der Waals surface area contributed by atoms with E-state index in [2.05, 4.69) is 28.1 Å². The Balaban J connectivity index is 1.71. The second-order valence-electron chi connectivity index (χ2n) is 6.73. The van der Waals surface area contributed by atoms with Gasteiger partial charge in [0.05, 0.1) is 4.90 Å². The summed E-state index contributed by atoms with van der Waals surface area (Å²) in [5.74, 6) is 1.15. The second kappa shape index (κ2) is 7.01. The van der Waals surface area contributed by atoms with Crippen molar-refractivity contribution in [2.24, 2.45) is 0 Å². The Bertz CT molecular complexity index is 853. The van der Waals surface area contributed by atoms with E-state index in [0.29, 0.717) is 37.0 Å². The molecule has 0 atom stereocenters. The summed E-state index contributed by atoms with van der Waals surface area (Å²) in [5, 5.41) is 0.881. The van der Waals surface area contributed by atoms with Crippen molar-refractivity contribution in [2.45, 2.75) is 38.5 Å². The molecule has 6 nitrogen and oxygen atoms in total. The van der Waals surface area contributed by atoms with Gasteiger partial charge in [-0.15, -0.1) is 0 Å². The summed E-state index contributed by atoms with van der Waals surface area (Å²) >= 11 is 1.39. The third kappa shape index (κ3) is 3.70. The number of hydrogen-bond donors (Lipinski definition) is 0. The fourth-order valence-electron chi connectivity index (χ4n) is 2.73. The number of benzene rings is 1. The fourth-order valence-corrected chi connectivity index (χ4v) is 5.10. The summed E-state index contributed by atoms with van der Waals surface area (Å²) in [4.78, 5) is 7.06. The molecule has 8 heteroatoms. The lowest BCUT2D eigenvalue weighted by molar-refractivity contribution is 0.384. The minimum absolute atomic E-state index is 0.302. The van der Waals surface area contributed by atoms with Crippen LogP contribution in [0, 0.1) is 13.8 Å². The molecule has 0 aliphatic carbocycles. The minimum Gasteiger partial charge on any atom is -0.344 e. The van der Waals surface area contributed by atoms with Gasteiger partial charge < -0.3 is 4.90 Å². The molecule has 3 rings (SSSR count). The fraction of sp³-hybridized carbons (Fsp3) is 0.529. The average Bonchev–Trinajstić information content (AvgIpc) is 3.08. The summed E-state index contributed by atoms with van der Waals surface area (Å²) in [7, 11) is -3.44. The number of piperazine rings is 1. The van der Waals surface area contributed by atoms with E-state index in [9.17, 15) is 8.42 Å². The molecule has 0 saturated carbocycles. The molecule has 1 aliphatic rings. The number of aromatic nitrogens is 2. The van der Waals surface area contributed by atoms with Crippen molar-refractivity contribution in [2.75, 3.05) is 31.1 Å². The lowest BCUT2D eigenvalue weighted by atomic mass is 10.1. The van der Waals surface area contributed by atoms with Crippen molar-refractivity contribution >= 4 is 26.7 Å². The molecular formula is C17H24N4O2S2. The second-order valence-corrected chi connectivity index (χ2v) is 9.40. The highest BCUT2D eigenvalue weighted by molar-refractivity contribution is 7.89. The van der Waals surface area contributed by atoms with E-state index < -0.39 is 10.0 Å². The van der Waals surface area contributed by atoms with Crippen LogP contribution in [0.1, 0.15) is 36.7 Å².